The lowest BCUT2D eigenvalue weighted by molar-refractivity contribution is 0.388. The molecule has 32 heavy (non-hydrogen) atoms. The van der Waals surface area contributed by atoms with E-state index >= 15 is 0 Å². The van der Waals surface area contributed by atoms with E-state index in [2.05, 4.69) is 11.2 Å². The fourth-order valence-corrected chi connectivity index (χ4v) is 4.43. The molecule has 3 heterocycles. The minimum Gasteiger partial charge on any atom is -0.439 e. The maximum Gasteiger partial charge on any atom is 0.344 e. The number of nitrogens with two attached hydrogens (primary N) is 1. The van der Waals surface area contributed by atoms with Crippen molar-refractivity contribution in [3.63, 3.8) is 0 Å². The number of fused-ring (bicyclic) bond motifs is 3. The van der Waals surface area contributed by atoms with Crippen molar-refractivity contribution in [2.75, 3.05) is 0 Å². The SMILES string of the molecule is Cc1ccc(-n2nc(C)c([C@@H]3C(C#N)=C(N)Oc4c3c(=O)oc3ccccc43)c2Cl)cc1. The number of hydrogen-bond donors (Lipinski definition) is 1. The van der Waals surface area contributed by atoms with Crippen molar-refractivity contribution in [2.45, 2.75) is 19.8 Å². The summed E-state index contributed by atoms with van der Waals surface area (Å²) >= 11 is 6.80. The Bertz CT molecular complexity index is 1520. The van der Waals surface area contributed by atoms with Crippen molar-refractivity contribution in [2.24, 2.45) is 5.73 Å². The standard InChI is InChI=1S/C24H17ClN4O3/c1-12-7-9-14(10-8-12)29-22(25)18(13(2)28-29)19-16(11-26)23(27)32-21-15-5-3-4-6-17(15)31-24(30)20(19)21/h3-10,19H,27H2,1-2H3/t19-/m0/s1. The molecule has 0 radical (unpaired) electrons. The van der Waals surface area contributed by atoms with E-state index in [0.29, 0.717) is 22.2 Å². The summed E-state index contributed by atoms with van der Waals surface area (Å²) in [6.45, 7) is 3.76. The Hall–Kier alpha value is -4.02. The number of nitrogens with zero attached hydrogens (tertiary/aromatic N) is 3. The van der Waals surface area contributed by atoms with E-state index in [-0.39, 0.29) is 27.9 Å². The van der Waals surface area contributed by atoms with E-state index in [4.69, 9.17) is 26.5 Å². The summed E-state index contributed by atoms with van der Waals surface area (Å²) < 4.78 is 12.9. The molecular weight excluding hydrogens is 428 g/mol. The van der Waals surface area contributed by atoms with Crippen molar-refractivity contribution in [1.29, 1.82) is 5.26 Å². The third-order valence-corrected chi connectivity index (χ3v) is 5.95. The molecule has 0 fully saturated rings. The number of aryl methyl sites for hydroxylation is 2. The summed E-state index contributed by atoms with van der Waals surface area (Å²) in [5.74, 6) is -0.701. The Morgan fingerprint density at radius 2 is 1.84 bits per heavy atom. The van der Waals surface area contributed by atoms with Gasteiger partial charge in [0.05, 0.1) is 28.2 Å². The smallest absolute Gasteiger partial charge is 0.344 e. The van der Waals surface area contributed by atoms with Crippen LogP contribution in [0.1, 0.15) is 28.3 Å². The number of aromatic nitrogens is 2. The van der Waals surface area contributed by atoms with Crippen molar-refractivity contribution in [1.82, 2.24) is 9.78 Å². The molecule has 0 aliphatic carbocycles. The molecule has 1 aliphatic rings. The van der Waals surface area contributed by atoms with Gasteiger partial charge < -0.3 is 14.9 Å². The zero-order valence-corrected chi connectivity index (χ0v) is 18.0. The summed E-state index contributed by atoms with van der Waals surface area (Å²) in [5, 5.41) is 15.3. The average molecular weight is 445 g/mol. The van der Waals surface area contributed by atoms with Crippen LogP contribution in [0.2, 0.25) is 5.15 Å². The molecule has 0 saturated heterocycles. The Morgan fingerprint density at radius 3 is 2.56 bits per heavy atom. The zero-order chi connectivity index (χ0) is 22.6. The van der Waals surface area contributed by atoms with Gasteiger partial charge in [-0.2, -0.15) is 10.4 Å². The van der Waals surface area contributed by atoms with Gasteiger partial charge in [0.15, 0.2) is 5.75 Å². The van der Waals surface area contributed by atoms with Gasteiger partial charge in [-0.05, 0) is 38.1 Å². The minimum atomic E-state index is -0.878. The van der Waals surface area contributed by atoms with Crippen LogP contribution in [0.5, 0.6) is 5.75 Å². The Labute approximate surface area is 187 Å². The third kappa shape index (κ3) is 2.88. The van der Waals surface area contributed by atoms with Gasteiger partial charge in [-0.15, -0.1) is 0 Å². The molecule has 0 unspecified atom stereocenters. The quantitative estimate of drug-likeness (QED) is 0.457. The van der Waals surface area contributed by atoms with Gasteiger partial charge in [-0.1, -0.05) is 41.4 Å². The highest BCUT2D eigenvalue weighted by atomic mass is 35.5. The first-order valence-corrected chi connectivity index (χ1v) is 10.2. The van der Waals surface area contributed by atoms with Crippen LogP contribution in [0.15, 0.2) is 69.2 Å². The second-order valence-electron chi connectivity index (χ2n) is 7.59. The Balaban J connectivity index is 1.81. The molecule has 7 nitrogen and oxygen atoms in total. The topological polar surface area (TPSA) is 107 Å². The number of nitriles is 1. The molecule has 0 bridgehead atoms. The summed E-state index contributed by atoms with van der Waals surface area (Å²) in [5.41, 5.74) is 9.03. The average Bonchev–Trinajstić information content (AvgIpc) is 3.07. The van der Waals surface area contributed by atoms with Crippen molar-refractivity contribution < 1.29 is 9.15 Å². The second-order valence-corrected chi connectivity index (χ2v) is 7.95. The molecule has 2 aromatic heterocycles. The minimum absolute atomic E-state index is 0.0773. The van der Waals surface area contributed by atoms with Crippen LogP contribution in [0, 0.1) is 25.2 Å². The number of hydrogen-bond acceptors (Lipinski definition) is 6. The van der Waals surface area contributed by atoms with Crippen molar-refractivity contribution >= 4 is 22.6 Å². The second kappa shape index (κ2) is 7.29. The molecule has 5 rings (SSSR count). The maximum absolute atomic E-state index is 13.1. The first-order chi connectivity index (χ1) is 15.4. The van der Waals surface area contributed by atoms with E-state index < -0.39 is 11.5 Å². The molecule has 0 amide bonds. The largest absolute Gasteiger partial charge is 0.439 e. The van der Waals surface area contributed by atoms with E-state index in [1.165, 1.54) is 0 Å². The highest BCUT2D eigenvalue weighted by Crippen LogP contribution is 2.46. The van der Waals surface area contributed by atoms with Crippen LogP contribution in [0.25, 0.3) is 16.7 Å². The van der Waals surface area contributed by atoms with Crippen molar-refractivity contribution in [3.8, 4) is 17.5 Å². The molecule has 8 heteroatoms. The van der Waals surface area contributed by atoms with E-state index in [9.17, 15) is 10.1 Å². The third-order valence-electron chi connectivity index (χ3n) is 5.59. The fourth-order valence-electron chi connectivity index (χ4n) is 4.05. The highest BCUT2D eigenvalue weighted by molar-refractivity contribution is 6.30. The van der Waals surface area contributed by atoms with Gasteiger partial charge in [-0.25, -0.2) is 9.48 Å². The molecule has 2 N–H and O–H groups in total. The number of halogens is 1. The number of benzene rings is 2. The highest BCUT2D eigenvalue weighted by Gasteiger charge is 2.39. The monoisotopic (exact) mass is 444 g/mol. The lowest BCUT2D eigenvalue weighted by Crippen LogP contribution is -2.26. The van der Waals surface area contributed by atoms with Crippen molar-refractivity contribution in [3.05, 3.63) is 97.9 Å². The fraction of sp³-hybridized carbons (Fsp3) is 0.125. The van der Waals surface area contributed by atoms with E-state index in [1.807, 2.05) is 31.2 Å². The normalized spacial score (nSPS) is 15.4. The summed E-state index contributed by atoms with van der Waals surface area (Å²) in [4.78, 5) is 13.1. The molecular formula is C24H17ClN4O3. The molecule has 1 aliphatic heterocycles. The molecule has 0 spiro atoms. The first-order valence-electron chi connectivity index (χ1n) is 9.86. The number of allylic oxidation sites excluding steroid dienone is 1. The Kier molecular flexibility index (Phi) is 4.54. The first kappa shape index (κ1) is 19.9. The van der Waals surface area contributed by atoms with Gasteiger partial charge in [0.1, 0.15) is 22.4 Å². The maximum atomic E-state index is 13.1. The predicted octanol–water partition coefficient (Wildman–Crippen LogP) is 4.47. The van der Waals surface area contributed by atoms with Gasteiger partial charge in [0, 0.05) is 5.56 Å². The predicted molar refractivity (Wildman–Crippen MR) is 120 cm³/mol. The molecule has 0 saturated carbocycles. The number of ether oxygens (including phenoxy) is 1. The lowest BCUT2D eigenvalue weighted by atomic mass is 9.84. The number of para-hydroxylation sites is 1. The van der Waals surface area contributed by atoms with Gasteiger partial charge in [0.25, 0.3) is 0 Å². The van der Waals surface area contributed by atoms with Crippen LogP contribution in [-0.4, -0.2) is 9.78 Å². The Morgan fingerprint density at radius 1 is 1.12 bits per heavy atom. The van der Waals surface area contributed by atoms with Gasteiger partial charge in [0.2, 0.25) is 5.88 Å². The van der Waals surface area contributed by atoms with Crippen LogP contribution in [0.3, 0.4) is 0 Å². The molecule has 1 atom stereocenters. The molecule has 158 valence electrons. The van der Waals surface area contributed by atoms with E-state index in [1.54, 1.807) is 35.9 Å². The zero-order valence-electron chi connectivity index (χ0n) is 17.2. The van der Waals surface area contributed by atoms with E-state index in [0.717, 1.165) is 11.3 Å². The van der Waals surface area contributed by atoms with Crippen LogP contribution < -0.4 is 16.1 Å². The number of rotatable bonds is 2. The van der Waals surface area contributed by atoms with Crippen LogP contribution in [-0.2, 0) is 0 Å². The molecule has 4 aromatic rings. The summed E-state index contributed by atoms with van der Waals surface area (Å²) in [6, 6.07) is 16.8. The lowest BCUT2D eigenvalue weighted by Gasteiger charge is -2.25. The molecule has 2 aromatic carbocycles. The van der Waals surface area contributed by atoms with Gasteiger partial charge in [-0.3, -0.25) is 0 Å². The summed E-state index contributed by atoms with van der Waals surface area (Å²) in [6.07, 6.45) is 0. The van der Waals surface area contributed by atoms with Crippen LogP contribution >= 0.6 is 11.6 Å². The van der Waals surface area contributed by atoms with Gasteiger partial charge >= 0.3 is 5.63 Å². The van der Waals surface area contributed by atoms with Crippen LogP contribution in [0.4, 0.5) is 0 Å². The summed E-state index contributed by atoms with van der Waals surface area (Å²) in [7, 11) is 0.